The number of hydrogen-bond acceptors (Lipinski definition) is 4. The first-order valence-electron chi connectivity index (χ1n) is 5.65. The molecule has 0 bridgehead atoms. The lowest BCUT2D eigenvalue weighted by Crippen LogP contribution is -2.28. The van der Waals surface area contributed by atoms with Crippen LogP contribution in [0.15, 0.2) is 10.9 Å². The van der Waals surface area contributed by atoms with Crippen LogP contribution >= 0.6 is 0 Å². The van der Waals surface area contributed by atoms with E-state index in [1.54, 1.807) is 20.0 Å². The minimum Gasteiger partial charge on any atom is -0.462 e. The van der Waals surface area contributed by atoms with Crippen LogP contribution in [0.4, 0.5) is 0 Å². The van der Waals surface area contributed by atoms with Gasteiger partial charge < -0.3 is 15.0 Å². The molecule has 1 rings (SSSR count). The Morgan fingerprint density at radius 2 is 2.12 bits per heavy atom. The first kappa shape index (κ1) is 13.4. The quantitative estimate of drug-likeness (QED) is 0.779. The molecule has 0 aliphatic rings. The molecule has 0 aliphatic carbocycles. The first-order chi connectivity index (χ1) is 8.06. The molecule has 94 valence electrons. The second-order valence-corrected chi connectivity index (χ2v) is 3.67. The van der Waals surface area contributed by atoms with Crippen molar-refractivity contribution in [3.05, 3.63) is 33.2 Å². The Bertz CT molecular complexity index is 477. The molecule has 0 atom stereocenters. The highest BCUT2D eigenvalue weighted by molar-refractivity contribution is 5.90. The predicted octanol–water partition coefficient (Wildman–Crippen LogP) is 0.583. The van der Waals surface area contributed by atoms with Gasteiger partial charge in [0.25, 0.3) is 5.56 Å². The summed E-state index contributed by atoms with van der Waals surface area (Å²) in [7, 11) is 1.64. The summed E-state index contributed by atoms with van der Waals surface area (Å²) in [5.41, 5.74) is 6.86. The predicted molar refractivity (Wildman–Crippen MR) is 64.9 cm³/mol. The number of aromatic nitrogens is 1. The van der Waals surface area contributed by atoms with E-state index >= 15 is 0 Å². The van der Waals surface area contributed by atoms with E-state index in [1.807, 2.05) is 6.92 Å². The average Bonchev–Trinajstić information content (AvgIpc) is 2.32. The molecule has 2 N–H and O–H groups in total. The Morgan fingerprint density at radius 3 is 2.59 bits per heavy atom. The summed E-state index contributed by atoms with van der Waals surface area (Å²) >= 11 is 0. The second-order valence-electron chi connectivity index (χ2n) is 3.67. The Morgan fingerprint density at radius 1 is 1.47 bits per heavy atom. The van der Waals surface area contributed by atoms with Gasteiger partial charge in [0.2, 0.25) is 0 Å². The van der Waals surface area contributed by atoms with Gasteiger partial charge in [-0.05, 0) is 19.4 Å². The molecule has 0 unspecified atom stereocenters. The van der Waals surface area contributed by atoms with E-state index in [-0.39, 0.29) is 12.1 Å². The Labute approximate surface area is 100 Å². The molecule has 17 heavy (non-hydrogen) atoms. The molecular formula is C12H18N2O3. The van der Waals surface area contributed by atoms with Gasteiger partial charge in [-0.2, -0.15) is 0 Å². The second kappa shape index (κ2) is 5.63. The van der Waals surface area contributed by atoms with Gasteiger partial charge in [0, 0.05) is 24.8 Å². The van der Waals surface area contributed by atoms with Gasteiger partial charge in [-0.25, -0.2) is 4.79 Å². The van der Waals surface area contributed by atoms with Crippen molar-refractivity contribution in [1.29, 1.82) is 0 Å². The molecule has 0 amide bonds. The molecule has 1 aromatic heterocycles. The van der Waals surface area contributed by atoms with Crippen molar-refractivity contribution in [2.75, 3.05) is 6.61 Å². The Balaban J connectivity index is 3.42. The zero-order valence-corrected chi connectivity index (χ0v) is 10.4. The summed E-state index contributed by atoms with van der Waals surface area (Å²) in [6, 6.07) is 1.54. The van der Waals surface area contributed by atoms with E-state index in [0.29, 0.717) is 29.8 Å². The molecule has 0 saturated carbocycles. The van der Waals surface area contributed by atoms with Crippen LogP contribution in [-0.4, -0.2) is 17.1 Å². The summed E-state index contributed by atoms with van der Waals surface area (Å²) in [5.74, 6) is -0.408. The number of carbonyl (C=O) groups excluding carboxylic acids is 1. The van der Waals surface area contributed by atoms with E-state index in [2.05, 4.69) is 0 Å². The van der Waals surface area contributed by atoms with Crippen molar-refractivity contribution in [1.82, 2.24) is 4.57 Å². The monoisotopic (exact) mass is 238 g/mol. The van der Waals surface area contributed by atoms with Gasteiger partial charge in [-0.15, -0.1) is 0 Å². The van der Waals surface area contributed by atoms with Crippen LogP contribution in [0, 0.1) is 0 Å². The van der Waals surface area contributed by atoms with Crippen LogP contribution in [0.3, 0.4) is 0 Å². The molecule has 1 heterocycles. The topological polar surface area (TPSA) is 74.3 Å². The third kappa shape index (κ3) is 2.55. The molecule has 1 aromatic rings. The van der Waals surface area contributed by atoms with Crippen molar-refractivity contribution < 1.29 is 9.53 Å². The zero-order valence-electron chi connectivity index (χ0n) is 10.4. The summed E-state index contributed by atoms with van der Waals surface area (Å²) in [5, 5.41) is 0. The van der Waals surface area contributed by atoms with Crippen LogP contribution in [-0.2, 0) is 24.8 Å². The van der Waals surface area contributed by atoms with Crippen molar-refractivity contribution in [2.24, 2.45) is 12.8 Å². The fraction of sp³-hybridized carbons (Fsp3) is 0.500. The van der Waals surface area contributed by atoms with Gasteiger partial charge in [-0.3, -0.25) is 4.79 Å². The number of pyridine rings is 1. The van der Waals surface area contributed by atoms with Gasteiger partial charge in [-0.1, -0.05) is 6.92 Å². The van der Waals surface area contributed by atoms with Gasteiger partial charge in [0.1, 0.15) is 0 Å². The van der Waals surface area contributed by atoms with E-state index in [4.69, 9.17) is 10.5 Å². The normalized spacial score (nSPS) is 10.4. The zero-order chi connectivity index (χ0) is 13.0. The molecule has 5 heteroatoms. The van der Waals surface area contributed by atoms with Gasteiger partial charge in [0.05, 0.1) is 12.2 Å². The maximum atomic E-state index is 11.8. The molecule has 5 nitrogen and oxygen atoms in total. The molecule has 0 fully saturated rings. The largest absolute Gasteiger partial charge is 0.462 e. The number of hydrogen-bond donors (Lipinski definition) is 1. The minimum atomic E-state index is -0.408. The third-order valence-corrected chi connectivity index (χ3v) is 2.66. The Hall–Kier alpha value is -1.62. The fourth-order valence-corrected chi connectivity index (χ4v) is 1.80. The lowest BCUT2D eigenvalue weighted by molar-refractivity contribution is 0.0523. The highest BCUT2D eigenvalue weighted by Crippen LogP contribution is 2.11. The average molecular weight is 238 g/mol. The molecule has 0 aliphatic heterocycles. The number of carbonyl (C=O) groups is 1. The third-order valence-electron chi connectivity index (χ3n) is 2.66. The lowest BCUT2D eigenvalue weighted by Gasteiger charge is -2.13. The van der Waals surface area contributed by atoms with Crippen molar-refractivity contribution >= 4 is 5.97 Å². The lowest BCUT2D eigenvalue weighted by atomic mass is 10.1. The number of rotatable bonds is 4. The standard InChI is InChI=1S/C12H18N2O3/c1-4-10-9(12(16)17-5-2)6-8(7-13)11(15)14(10)3/h6H,4-5,7,13H2,1-3H3. The SMILES string of the molecule is CCOC(=O)c1cc(CN)c(=O)n(C)c1CC. The number of nitrogens with two attached hydrogens (primary N) is 1. The van der Waals surface area contributed by atoms with Gasteiger partial charge in [0.15, 0.2) is 0 Å². The van der Waals surface area contributed by atoms with E-state index < -0.39 is 5.97 Å². The summed E-state index contributed by atoms with van der Waals surface area (Å²) in [4.78, 5) is 23.6. The summed E-state index contributed by atoms with van der Waals surface area (Å²) < 4.78 is 6.44. The van der Waals surface area contributed by atoms with Crippen LogP contribution in [0.1, 0.15) is 35.5 Å². The van der Waals surface area contributed by atoms with Crippen LogP contribution in [0.5, 0.6) is 0 Å². The number of ether oxygens (including phenoxy) is 1. The van der Waals surface area contributed by atoms with Crippen molar-refractivity contribution in [3.63, 3.8) is 0 Å². The number of esters is 1. The highest BCUT2D eigenvalue weighted by Gasteiger charge is 2.17. The van der Waals surface area contributed by atoms with Crippen LogP contribution < -0.4 is 11.3 Å². The van der Waals surface area contributed by atoms with E-state index in [0.717, 1.165) is 0 Å². The van der Waals surface area contributed by atoms with Gasteiger partial charge >= 0.3 is 5.97 Å². The van der Waals surface area contributed by atoms with Crippen LogP contribution in [0.2, 0.25) is 0 Å². The maximum Gasteiger partial charge on any atom is 0.339 e. The minimum absolute atomic E-state index is 0.114. The maximum absolute atomic E-state index is 11.8. The van der Waals surface area contributed by atoms with Crippen molar-refractivity contribution in [2.45, 2.75) is 26.8 Å². The van der Waals surface area contributed by atoms with Crippen LogP contribution in [0.25, 0.3) is 0 Å². The molecule has 0 aromatic carbocycles. The molecule has 0 saturated heterocycles. The number of nitrogens with zero attached hydrogens (tertiary/aromatic N) is 1. The summed E-state index contributed by atoms with van der Waals surface area (Å²) in [6.45, 7) is 4.06. The molecule has 0 spiro atoms. The summed E-state index contributed by atoms with van der Waals surface area (Å²) in [6.07, 6.45) is 0.588. The molecular weight excluding hydrogens is 220 g/mol. The molecule has 0 radical (unpaired) electrons. The van der Waals surface area contributed by atoms with E-state index in [9.17, 15) is 9.59 Å². The highest BCUT2D eigenvalue weighted by atomic mass is 16.5. The van der Waals surface area contributed by atoms with E-state index in [1.165, 1.54) is 4.57 Å². The fourth-order valence-electron chi connectivity index (χ4n) is 1.80. The first-order valence-corrected chi connectivity index (χ1v) is 5.65. The smallest absolute Gasteiger partial charge is 0.339 e. The Kier molecular flexibility index (Phi) is 4.45. The van der Waals surface area contributed by atoms with Crippen molar-refractivity contribution in [3.8, 4) is 0 Å².